The summed E-state index contributed by atoms with van der Waals surface area (Å²) in [4.78, 5) is 32.6. The number of aromatic nitrogens is 6. The smallest absolute Gasteiger partial charge is 0.167 e. The van der Waals surface area contributed by atoms with Gasteiger partial charge in [-0.25, -0.2) is 29.9 Å². The summed E-state index contributed by atoms with van der Waals surface area (Å²) in [5, 5.41) is 0. The molecular formula is C92H56N6O2. The minimum Gasteiger partial charge on any atom is -0.456 e. The van der Waals surface area contributed by atoms with E-state index in [1.165, 1.54) is 22.3 Å². The number of fused-ring (bicyclic) bond motifs is 18. The fourth-order valence-corrected chi connectivity index (χ4v) is 16.4. The van der Waals surface area contributed by atoms with E-state index in [1.54, 1.807) is 0 Å². The average molecular weight is 1280 g/mol. The maximum atomic E-state index is 7.36. The molecule has 0 amide bonds. The predicted molar refractivity (Wildman–Crippen MR) is 397 cm³/mol. The minimum atomic E-state index is -0.869. The van der Waals surface area contributed by atoms with Gasteiger partial charge in [0.15, 0.2) is 34.9 Å². The zero-order chi connectivity index (χ0) is 65.9. The molecule has 2 aliphatic heterocycles. The van der Waals surface area contributed by atoms with Crippen molar-refractivity contribution in [2.24, 2.45) is 0 Å². The van der Waals surface area contributed by atoms with Crippen LogP contribution in [0.3, 0.4) is 0 Å². The first-order chi connectivity index (χ1) is 49.6. The van der Waals surface area contributed by atoms with Crippen LogP contribution in [-0.2, 0) is 10.8 Å². The number of nitrogens with zero attached hydrogens (tertiary/aromatic N) is 6. The number of ether oxygens (including phenoxy) is 2. The van der Waals surface area contributed by atoms with Gasteiger partial charge in [0, 0.05) is 44.5 Å². The third-order valence-electron chi connectivity index (χ3n) is 20.5. The first kappa shape index (κ1) is 57.0. The van der Waals surface area contributed by atoms with Crippen LogP contribution in [0.4, 0.5) is 0 Å². The van der Waals surface area contributed by atoms with Crippen LogP contribution in [0.1, 0.15) is 44.5 Å². The van der Waals surface area contributed by atoms with E-state index in [-0.39, 0.29) is 0 Å². The van der Waals surface area contributed by atoms with E-state index in [0.29, 0.717) is 46.4 Å². The highest BCUT2D eigenvalue weighted by atomic mass is 16.5. The third-order valence-corrected chi connectivity index (χ3v) is 20.5. The Morgan fingerprint density at radius 2 is 0.500 bits per heavy atom. The van der Waals surface area contributed by atoms with Crippen molar-refractivity contribution >= 4 is 0 Å². The van der Waals surface area contributed by atoms with Gasteiger partial charge in [-0.05, 0) is 120 Å². The first-order valence-electron chi connectivity index (χ1n) is 33.8. The highest BCUT2D eigenvalue weighted by molar-refractivity contribution is 5.99. The Morgan fingerprint density at radius 1 is 0.180 bits per heavy atom. The van der Waals surface area contributed by atoms with Crippen molar-refractivity contribution in [2.75, 3.05) is 0 Å². The van der Waals surface area contributed by atoms with Gasteiger partial charge >= 0.3 is 0 Å². The molecule has 2 aliphatic carbocycles. The summed E-state index contributed by atoms with van der Waals surface area (Å²) in [7, 11) is 0. The van der Waals surface area contributed by atoms with Crippen LogP contribution >= 0.6 is 0 Å². The standard InChI is InChI=1S/C92H56N6O2/c1-5-28-57(29-6-1)61-54-62(56-63(55-61)87-93-85(59-32-9-3-10-33-59)95-89(97-87)70-42-26-50-78-83(70)99-80-52-23-21-47-75(80)91(78)72-44-18-15-37-66(72)67-38-16-19-45-73(67)91)65-41-25-49-77-82(65)69-40-17-20-46-74(69)92(77)76-48-22-24-53-81(76)100-84-71(43-27-51-79(84)92)90-96-86(60-34-11-4-12-35-60)94-88(98-90)68-39-14-13-36-64(68)58-30-7-2-8-31-58/h1-56H. The lowest BCUT2D eigenvalue weighted by Gasteiger charge is -2.40. The highest BCUT2D eigenvalue weighted by Crippen LogP contribution is 2.66. The lowest BCUT2D eigenvalue weighted by Crippen LogP contribution is -2.32. The summed E-state index contributed by atoms with van der Waals surface area (Å²) in [6, 6.07) is 120. The molecular weight excluding hydrogens is 1220 g/mol. The van der Waals surface area contributed by atoms with E-state index in [4.69, 9.17) is 39.4 Å². The average Bonchev–Trinajstić information content (AvgIpc) is 1.48. The van der Waals surface area contributed by atoms with E-state index >= 15 is 0 Å². The molecule has 1 atom stereocenters. The molecule has 1 unspecified atom stereocenters. The van der Waals surface area contributed by atoms with Crippen LogP contribution in [0.5, 0.6) is 23.0 Å². The van der Waals surface area contributed by atoms with E-state index in [9.17, 15) is 0 Å². The maximum Gasteiger partial charge on any atom is 0.167 e. The molecule has 0 radical (unpaired) electrons. The summed E-state index contributed by atoms with van der Waals surface area (Å²) in [6.07, 6.45) is 0. The lowest BCUT2D eigenvalue weighted by atomic mass is 9.65. The molecule has 4 aliphatic rings. The largest absolute Gasteiger partial charge is 0.456 e. The van der Waals surface area contributed by atoms with E-state index in [2.05, 4.69) is 279 Å². The fourth-order valence-electron chi connectivity index (χ4n) is 16.4. The number of para-hydroxylation sites is 4. The second-order valence-corrected chi connectivity index (χ2v) is 25.8. The van der Waals surface area contributed by atoms with Gasteiger partial charge in [0.2, 0.25) is 0 Å². The molecule has 100 heavy (non-hydrogen) atoms. The number of benzene rings is 14. The molecule has 16 aromatic rings. The SMILES string of the molecule is c1ccc(-c2cc(-c3nc(-c4ccccc4)nc(-c4cccc5c4Oc4ccccc4C54c5ccccc5-c5ccccc54)n3)cc(-c3cccc4c3-c3ccccc3C43c4ccccc4Oc4c(-c5nc(-c6ccccc6)nc(-c6ccccc6-c6ccccc6)n5)cccc43)c2)cc1. The zero-order valence-corrected chi connectivity index (χ0v) is 53.8. The van der Waals surface area contributed by atoms with Crippen molar-refractivity contribution in [1.29, 1.82) is 0 Å². The fraction of sp³-hybridized carbons (Fsp3) is 0.0217. The van der Waals surface area contributed by atoms with Crippen LogP contribution in [0, 0.1) is 0 Å². The summed E-state index contributed by atoms with van der Waals surface area (Å²) in [5.74, 6) is 6.10. The van der Waals surface area contributed by atoms with Crippen molar-refractivity contribution in [1.82, 2.24) is 29.9 Å². The zero-order valence-electron chi connectivity index (χ0n) is 53.8. The summed E-state index contributed by atoms with van der Waals surface area (Å²) in [5.41, 5.74) is 23.1. The molecule has 0 saturated heterocycles. The second kappa shape index (κ2) is 22.7. The Kier molecular flexibility index (Phi) is 12.9. The Hall–Kier alpha value is -13.3. The normalized spacial score (nSPS) is 14.3. The molecule has 466 valence electrons. The molecule has 8 nitrogen and oxygen atoms in total. The van der Waals surface area contributed by atoms with Crippen LogP contribution in [0.2, 0.25) is 0 Å². The highest BCUT2D eigenvalue weighted by Gasteiger charge is 2.54. The van der Waals surface area contributed by atoms with Gasteiger partial charge in [0.25, 0.3) is 0 Å². The van der Waals surface area contributed by atoms with Crippen molar-refractivity contribution in [2.45, 2.75) is 10.8 Å². The van der Waals surface area contributed by atoms with Gasteiger partial charge in [0.1, 0.15) is 23.0 Å². The van der Waals surface area contributed by atoms with Crippen molar-refractivity contribution in [3.05, 3.63) is 384 Å². The van der Waals surface area contributed by atoms with Gasteiger partial charge in [-0.3, -0.25) is 0 Å². The van der Waals surface area contributed by atoms with Crippen molar-refractivity contribution in [3.8, 4) is 147 Å². The molecule has 0 saturated carbocycles. The summed E-state index contributed by atoms with van der Waals surface area (Å²) < 4.78 is 14.6. The van der Waals surface area contributed by atoms with Crippen LogP contribution in [0.25, 0.3) is 124 Å². The first-order valence-corrected chi connectivity index (χ1v) is 33.8. The minimum absolute atomic E-state index is 0.496. The van der Waals surface area contributed by atoms with Crippen molar-refractivity contribution in [3.63, 3.8) is 0 Å². The van der Waals surface area contributed by atoms with Crippen LogP contribution in [0.15, 0.2) is 340 Å². The molecule has 2 spiro atoms. The molecule has 0 fully saturated rings. The van der Waals surface area contributed by atoms with Gasteiger partial charge in [-0.1, -0.05) is 297 Å². The number of hydrogen-bond acceptors (Lipinski definition) is 8. The van der Waals surface area contributed by atoms with Gasteiger partial charge < -0.3 is 9.47 Å². The summed E-state index contributed by atoms with van der Waals surface area (Å²) in [6.45, 7) is 0. The molecule has 14 aromatic carbocycles. The Morgan fingerprint density at radius 3 is 1.03 bits per heavy atom. The third kappa shape index (κ3) is 8.60. The second-order valence-electron chi connectivity index (χ2n) is 25.8. The van der Waals surface area contributed by atoms with Crippen molar-refractivity contribution < 1.29 is 9.47 Å². The van der Waals surface area contributed by atoms with E-state index < -0.39 is 10.8 Å². The van der Waals surface area contributed by atoms with Gasteiger partial charge in [0.05, 0.1) is 22.0 Å². The van der Waals surface area contributed by atoms with Crippen LogP contribution < -0.4 is 9.47 Å². The quantitative estimate of drug-likeness (QED) is 0.141. The monoisotopic (exact) mass is 1280 g/mol. The molecule has 0 bridgehead atoms. The molecule has 0 N–H and O–H groups in total. The number of hydrogen-bond donors (Lipinski definition) is 0. The molecule has 4 heterocycles. The molecule has 20 rings (SSSR count). The van der Waals surface area contributed by atoms with E-state index in [0.717, 1.165) is 123 Å². The molecule has 8 heteroatoms. The summed E-state index contributed by atoms with van der Waals surface area (Å²) >= 11 is 0. The molecule has 2 aromatic heterocycles. The Labute approximate surface area is 578 Å². The van der Waals surface area contributed by atoms with Gasteiger partial charge in [-0.2, -0.15) is 0 Å². The Bertz CT molecular complexity index is 5950. The topological polar surface area (TPSA) is 95.8 Å². The van der Waals surface area contributed by atoms with E-state index in [1.807, 2.05) is 60.7 Å². The van der Waals surface area contributed by atoms with Gasteiger partial charge in [-0.15, -0.1) is 0 Å². The predicted octanol–water partition coefficient (Wildman–Crippen LogP) is 22.0. The number of rotatable bonds is 9. The maximum absolute atomic E-state index is 7.36. The lowest BCUT2D eigenvalue weighted by molar-refractivity contribution is 0.437. The van der Waals surface area contributed by atoms with Crippen LogP contribution in [-0.4, -0.2) is 29.9 Å². The Balaban J connectivity index is 0.791.